The predicted molar refractivity (Wildman–Crippen MR) is 218 cm³/mol. The van der Waals surface area contributed by atoms with E-state index in [0.717, 1.165) is 29.2 Å². The van der Waals surface area contributed by atoms with Crippen LogP contribution in [0.5, 0.6) is 5.88 Å². The molecule has 9 rings (SSSR count). The van der Waals surface area contributed by atoms with Crippen LogP contribution in [0.15, 0.2) is 59.5 Å². The number of carbonyl (C=O) groups excluding carboxylic acids is 1. The van der Waals surface area contributed by atoms with Crippen molar-refractivity contribution < 1.29 is 57.5 Å². The SMILES string of the molecule is Cn1nc(NS(C)(=O)=O)c2c(Cl)ccc(-n3c([C@H](Cc4cc(F)cc(F)c4)NC(=O)Cn4nc(C(F)F)c5c4C(F)(F)[C@@H]4C[C@H]54)nc4nc(OCc5ccn(CC(F)(F)F)n5)ccc4c3=O)c21. The number of nitrogens with one attached hydrogen (secondary N) is 2. The molecule has 7 aromatic rings. The molecule has 2 N–H and O–H groups in total. The van der Waals surface area contributed by atoms with Gasteiger partial charge in [-0.05, 0) is 54.3 Å². The second-order valence-corrected chi connectivity index (χ2v) is 18.1. The summed E-state index contributed by atoms with van der Waals surface area (Å²) in [6.45, 7) is -2.85. The number of anilines is 1. The van der Waals surface area contributed by atoms with Gasteiger partial charge < -0.3 is 10.1 Å². The Hall–Kier alpha value is -6.70. The van der Waals surface area contributed by atoms with Gasteiger partial charge in [0.05, 0.1) is 45.0 Å². The van der Waals surface area contributed by atoms with Gasteiger partial charge in [-0.15, -0.1) is 0 Å². The van der Waals surface area contributed by atoms with E-state index in [2.05, 4.69) is 35.3 Å². The number of halogens is 10. The maximum atomic E-state index is 15.5. The summed E-state index contributed by atoms with van der Waals surface area (Å²) < 4.78 is 164. The number of nitrogens with zero attached hydrogens (tertiary/aromatic N) is 9. The summed E-state index contributed by atoms with van der Waals surface area (Å²) >= 11 is 6.59. The van der Waals surface area contributed by atoms with Crippen molar-refractivity contribution in [3.8, 4) is 11.6 Å². The Morgan fingerprint density at radius 3 is 2.45 bits per heavy atom. The van der Waals surface area contributed by atoms with Crippen molar-refractivity contribution in [1.82, 2.24) is 49.2 Å². The number of fused-ring (bicyclic) bond motifs is 5. The van der Waals surface area contributed by atoms with E-state index in [-0.39, 0.29) is 67.6 Å². The Bertz CT molecular complexity index is 3320. The lowest BCUT2D eigenvalue weighted by Crippen LogP contribution is -2.38. The zero-order valence-electron chi connectivity index (χ0n) is 34.3. The number of amides is 1. The second-order valence-electron chi connectivity index (χ2n) is 16.0. The number of hydrogen-bond acceptors (Lipinski definition) is 10. The summed E-state index contributed by atoms with van der Waals surface area (Å²) in [6, 6.07) is 7.05. The van der Waals surface area contributed by atoms with Gasteiger partial charge in [-0.1, -0.05) is 11.6 Å². The number of alkyl halides is 7. The maximum Gasteiger partial charge on any atom is 0.408 e. The molecule has 0 spiro atoms. The molecule has 0 bridgehead atoms. The quantitative estimate of drug-likeness (QED) is 0.111. The number of aromatic nitrogens is 9. The first-order valence-corrected chi connectivity index (χ1v) is 22.0. The average Bonchev–Trinajstić information content (AvgIpc) is 3.44. The van der Waals surface area contributed by atoms with Crippen molar-refractivity contribution in [2.45, 2.75) is 63.0 Å². The fraction of sp³-hybridized carbons (Fsp3) is 0.325. The first-order chi connectivity index (χ1) is 31.5. The fourth-order valence-electron chi connectivity index (χ4n) is 8.42. The summed E-state index contributed by atoms with van der Waals surface area (Å²) in [5, 5.41) is 14.0. The average molecular weight is 984 g/mol. The molecule has 3 atom stereocenters. The number of rotatable bonds is 14. The highest BCUT2D eigenvalue weighted by Gasteiger charge is 2.67. The highest BCUT2D eigenvalue weighted by Crippen LogP contribution is 2.68. The number of sulfonamides is 1. The number of ether oxygens (including phenoxy) is 1. The molecule has 2 aromatic carbocycles. The molecule has 16 nitrogen and oxygen atoms in total. The van der Waals surface area contributed by atoms with Crippen LogP contribution in [0.25, 0.3) is 27.6 Å². The summed E-state index contributed by atoms with van der Waals surface area (Å²) in [5.41, 5.74) is -3.57. The minimum atomic E-state index is -4.56. The number of aryl methyl sites for hydroxylation is 1. The van der Waals surface area contributed by atoms with Crippen LogP contribution in [0.1, 0.15) is 58.8 Å². The first kappa shape index (κ1) is 45.5. The normalized spacial score (nSPS) is 17.0. The monoisotopic (exact) mass is 983 g/mol. The van der Waals surface area contributed by atoms with Gasteiger partial charge in [0.25, 0.3) is 17.9 Å². The van der Waals surface area contributed by atoms with Crippen LogP contribution in [0, 0.1) is 17.6 Å². The van der Waals surface area contributed by atoms with E-state index in [1.54, 1.807) is 0 Å². The number of benzene rings is 2. The van der Waals surface area contributed by atoms with E-state index in [9.17, 15) is 48.7 Å². The largest absolute Gasteiger partial charge is 0.471 e. The minimum absolute atomic E-state index is 0.00956. The van der Waals surface area contributed by atoms with Gasteiger partial charge in [0, 0.05) is 43.3 Å². The van der Waals surface area contributed by atoms with Gasteiger partial charge in [0.2, 0.25) is 21.8 Å². The lowest BCUT2D eigenvalue weighted by Gasteiger charge is -2.24. The molecule has 1 amide bonds. The van der Waals surface area contributed by atoms with Crippen molar-refractivity contribution in [1.29, 1.82) is 0 Å². The van der Waals surface area contributed by atoms with E-state index in [0.29, 0.717) is 15.4 Å². The second kappa shape index (κ2) is 16.3. The molecule has 5 aromatic heterocycles. The highest BCUT2D eigenvalue weighted by atomic mass is 35.5. The summed E-state index contributed by atoms with van der Waals surface area (Å²) in [7, 11) is -2.59. The number of carbonyl (C=O) groups is 1. The number of hydrogen-bond donors (Lipinski definition) is 2. The Balaban J connectivity index is 1.20. The van der Waals surface area contributed by atoms with Crippen LogP contribution in [0.2, 0.25) is 5.02 Å². The molecule has 1 saturated carbocycles. The van der Waals surface area contributed by atoms with Crippen LogP contribution in [-0.2, 0) is 53.9 Å². The molecule has 0 aliphatic heterocycles. The lowest BCUT2D eigenvalue weighted by atomic mass is 10.0. The summed E-state index contributed by atoms with van der Waals surface area (Å²) in [6.07, 6.45) is -6.53. The minimum Gasteiger partial charge on any atom is -0.471 e. The molecule has 27 heteroatoms. The summed E-state index contributed by atoms with van der Waals surface area (Å²) in [4.78, 5) is 38.0. The topological polar surface area (TPSA) is 186 Å². The van der Waals surface area contributed by atoms with Crippen LogP contribution >= 0.6 is 11.6 Å². The van der Waals surface area contributed by atoms with Gasteiger partial charge >= 0.3 is 6.18 Å². The third-order valence-electron chi connectivity index (χ3n) is 11.0. The molecule has 5 heterocycles. The molecule has 67 heavy (non-hydrogen) atoms. The standard InChI is InChI=1S/C40H31ClF9N11O5S/c1-58-32-26(5-4-24(41)30(32)36(56-58)57-67(2,64)65)61-37(53-35-21(38(61)63)3-6-28(52-35)66-15-20-7-8-59(54-20)16-39(46,47)48)25(11-17-9-18(42)12-19(43)10-17)51-27(62)14-60-33-29(31(55-60)34(44)45)22-13-23(22)40(33,49)50/h3-10,12,22-23,25,34H,11,13-16H2,1-2H3,(H,51,62)(H,56,57)/t22-,23+,25-/m0/s1. The number of pyridine rings is 1. The fourth-order valence-corrected chi connectivity index (χ4v) is 9.16. The maximum absolute atomic E-state index is 15.5. The van der Waals surface area contributed by atoms with E-state index in [1.165, 1.54) is 42.1 Å². The molecule has 2 aliphatic rings. The Morgan fingerprint density at radius 2 is 1.76 bits per heavy atom. The van der Waals surface area contributed by atoms with Crippen molar-refractivity contribution in [2.75, 3.05) is 11.0 Å². The van der Waals surface area contributed by atoms with Crippen LogP contribution in [-0.4, -0.2) is 70.6 Å². The Labute approximate surface area is 375 Å². The first-order valence-electron chi connectivity index (χ1n) is 19.8. The van der Waals surface area contributed by atoms with Crippen LogP contribution in [0.3, 0.4) is 0 Å². The molecule has 1 fully saturated rings. The predicted octanol–water partition coefficient (Wildman–Crippen LogP) is 6.75. The molecule has 352 valence electrons. The lowest BCUT2D eigenvalue weighted by molar-refractivity contribution is -0.142. The van der Waals surface area contributed by atoms with Crippen molar-refractivity contribution in [3.05, 3.63) is 116 Å². The molecule has 0 saturated heterocycles. The Morgan fingerprint density at radius 1 is 1.03 bits per heavy atom. The van der Waals surface area contributed by atoms with Gasteiger partial charge in [0.15, 0.2) is 11.5 Å². The van der Waals surface area contributed by atoms with Crippen molar-refractivity contribution in [3.63, 3.8) is 0 Å². The molecule has 0 radical (unpaired) electrons. The van der Waals surface area contributed by atoms with E-state index >= 15 is 8.78 Å². The van der Waals surface area contributed by atoms with E-state index in [1.807, 2.05) is 0 Å². The third kappa shape index (κ3) is 8.73. The van der Waals surface area contributed by atoms with Crippen LogP contribution < -0.4 is 20.3 Å². The van der Waals surface area contributed by atoms with Gasteiger partial charge in [-0.2, -0.15) is 42.2 Å². The van der Waals surface area contributed by atoms with E-state index in [4.69, 9.17) is 16.3 Å². The molecule has 2 aliphatic carbocycles. The Kier molecular flexibility index (Phi) is 11.0. The van der Waals surface area contributed by atoms with Crippen molar-refractivity contribution in [2.24, 2.45) is 13.0 Å². The van der Waals surface area contributed by atoms with Gasteiger partial charge in [0.1, 0.15) is 48.5 Å². The van der Waals surface area contributed by atoms with Gasteiger partial charge in [-0.25, -0.2) is 31.0 Å². The van der Waals surface area contributed by atoms with E-state index < -0.39 is 113 Å². The van der Waals surface area contributed by atoms with Gasteiger partial charge in [-0.3, -0.25) is 32.9 Å². The molecule has 0 unspecified atom stereocenters. The molecular weight excluding hydrogens is 953 g/mol. The summed E-state index contributed by atoms with van der Waals surface area (Å²) in [5.74, 6) is -9.94. The zero-order valence-corrected chi connectivity index (χ0v) is 35.9. The zero-order chi connectivity index (χ0) is 48.1. The van der Waals surface area contributed by atoms with Crippen molar-refractivity contribution >= 4 is 55.3 Å². The highest BCUT2D eigenvalue weighted by molar-refractivity contribution is 7.92. The van der Waals surface area contributed by atoms with Crippen LogP contribution in [0.4, 0.5) is 45.3 Å². The molecular formula is C40H31ClF9N11O5S. The third-order valence-corrected chi connectivity index (χ3v) is 11.9. The smallest absolute Gasteiger partial charge is 0.408 e.